The first-order valence-corrected chi connectivity index (χ1v) is 9.35. The number of para-hydroxylation sites is 1. The molecular weight excluding hydrogens is 350 g/mol. The van der Waals surface area contributed by atoms with Gasteiger partial charge < -0.3 is 14.4 Å². The van der Waals surface area contributed by atoms with Gasteiger partial charge in [0.05, 0.1) is 7.11 Å². The topological polar surface area (TPSA) is 38.8 Å². The minimum absolute atomic E-state index is 0.0314. The fraction of sp³-hybridized carbons (Fsp3) is 0.208. The van der Waals surface area contributed by atoms with E-state index in [0.29, 0.717) is 24.5 Å². The zero-order valence-electron chi connectivity index (χ0n) is 15.9. The van der Waals surface area contributed by atoms with Crippen molar-refractivity contribution in [2.45, 2.75) is 18.6 Å². The number of ether oxygens (including phenoxy) is 2. The molecular formula is C24H23NO3. The van der Waals surface area contributed by atoms with Crippen molar-refractivity contribution in [3.63, 3.8) is 0 Å². The first-order valence-electron chi connectivity index (χ1n) is 9.35. The van der Waals surface area contributed by atoms with Crippen LogP contribution in [-0.2, 0) is 9.53 Å². The SMILES string of the molecule is C=C1CCN2C(=O)[C@H](Oc3ccccc3)[C@@H]2/C(OC)=C(/c2ccccc2)C1=C. The average Bonchev–Trinajstić information content (AvgIpc) is 2.73. The molecule has 0 aromatic heterocycles. The van der Waals surface area contributed by atoms with Gasteiger partial charge in [0.2, 0.25) is 6.10 Å². The Morgan fingerprint density at radius 2 is 1.64 bits per heavy atom. The van der Waals surface area contributed by atoms with Crippen LogP contribution in [0.1, 0.15) is 12.0 Å². The highest BCUT2D eigenvalue weighted by Crippen LogP contribution is 2.41. The molecule has 1 fully saturated rings. The predicted molar refractivity (Wildman–Crippen MR) is 110 cm³/mol. The lowest BCUT2D eigenvalue weighted by atomic mass is 9.83. The first-order chi connectivity index (χ1) is 13.6. The number of carbonyl (C=O) groups is 1. The maximum Gasteiger partial charge on any atom is 0.267 e. The van der Waals surface area contributed by atoms with Gasteiger partial charge in [-0.1, -0.05) is 61.7 Å². The van der Waals surface area contributed by atoms with Crippen molar-refractivity contribution in [2.75, 3.05) is 13.7 Å². The van der Waals surface area contributed by atoms with E-state index < -0.39 is 6.10 Å². The summed E-state index contributed by atoms with van der Waals surface area (Å²) < 4.78 is 11.9. The third-order valence-corrected chi connectivity index (χ3v) is 5.34. The van der Waals surface area contributed by atoms with Gasteiger partial charge in [0, 0.05) is 12.1 Å². The standard InChI is InChI=1S/C24H23NO3/c1-16-14-15-25-21(23(24(25)26)28-19-12-8-5-9-13-19)22(27-3)20(17(16)2)18-10-6-4-7-11-18/h4-13,21,23H,1-2,14-15H2,3H3/b22-20-/t21-,23+/m0/s1. The molecule has 4 rings (SSSR count). The van der Waals surface area contributed by atoms with Crippen molar-refractivity contribution in [1.29, 1.82) is 0 Å². The van der Waals surface area contributed by atoms with Crippen LogP contribution in [0.15, 0.2) is 90.7 Å². The molecule has 1 amide bonds. The number of nitrogens with zero attached hydrogens (tertiary/aromatic N) is 1. The molecule has 0 saturated carbocycles. The van der Waals surface area contributed by atoms with Crippen molar-refractivity contribution in [3.8, 4) is 5.75 Å². The number of carbonyl (C=O) groups excluding carboxylic acids is 1. The molecule has 2 aromatic carbocycles. The molecule has 4 heteroatoms. The van der Waals surface area contributed by atoms with Crippen LogP contribution < -0.4 is 4.74 Å². The summed E-state index contributed by atoms with van der Waals surface area (Å²) in [6.07, 6.45) is 0.0575. The second-order valence-corrected chi connectivity index (χ2v) is 6.97. The molecule has 1 saturated heterocycles. The van der Waals surface area contributed by atoms with Gasteiger partial charge in [-0.25, -0.2) is 0 Å². The van der Waals surface area contributed by atoms with Gasteiger partial charge in [0.1, 0.15) is 17.6 Å². The number of hydrogen-bond donors (Lipinski definition) is 0. The molecule has 2 aromatic rings. The lowest BCUT2D eigenvalue weighted by Crippen LogP contribution is -2.68. The monoisotopic (exact) mass is 373 g/mol. The van der Waals surface area contributed by atoms with Crippen molar-refractivity contribution in [3.05, 3.63) is 96.3 Å². The van der Waals surface area contributed by atoms with Crippen LogP contribution >= 0.6 is 0 Å². The third-order valence-electron chi connectivity index (χ3n) is 5.34. The Balaban J connectivity index is 1.81. The lowest BCUT2D eigenvalue weighted by molar-refractivity contribution is -0.162. The van der Waals surface area contributed by atoms with Crippen LogP contribution in [0, 0.1) is 0 Å². The number of rotatable bonds is 4. The molecule has 0 aliphatic carbocycles. The van der Waals surface area contributed by atoms with E-state index in [4.69, 9.17) is 9.47 Å². The number of hydrogen-bond acceptors (Lipinski definition) is 3. The van der Waals surface area contributed by atoms with Crippen LogP contribution in [0.4, 0.5) is 0 Å². The largest absolute Gasteiger partial charge is 0.498 e. The number of methoxy groups -OCH3 is 1. The Hall–Kier alpha value is -3.27. The fourth-order valence-corrected chi connectivity index (χ4v) is 3.83. The number of amides is 1. The summed E-state index contributed by atoms with van der Waals surface area (Å²) in [5.74, 6) is 1.33. The van der Waals surface area contributed by atoms with Gasteiger partial charge >= 0.3 is 0 Å². The Labute approximate surface area is 165 Å². The van der Waals surface area contributed by atoms with Crippen molar-refractivity contribution >= 4 is 11.5 Å². The van der Waals surface area contributed by atoms with Crippen LogP contribution in [0.5, 0.6) is 5.75 Å². The van der Waals surface area contributed by atoms with E-state index in [9.17, 15) is 4.79 Å². The zero-order valence-corrected chi connectivity index (χ0v) is 15.9. The van der Waals surface area contributed by atoms with Crippen LogP contribution in [-0.4, -0.2) is 36.6 Å². The van der Waals surface area contributed by atoms with E-state index in [2.05, 4.69) is 13.2 Å². The van der Waals surface area contributed by atoms with Gasteiger partial charge in [0.15, 0.2) is 0 Å². The summed E-state index contributed by atoms with van der Waals surface area (Å²) in [7, 11) is 1.64. The fourth-order valence-electron chi connectivity index (χ4n) is 3.83. The Kier molecular flexibility index (Phi) is 4.78. The maximum absolute atomic E-state index is 12.8. The van der Waals surface area contributed by atoms with Crippen LogP contribution in [0.25, 0.3) is 5.57 Å². The normalized spacial score (nSPS) is 24.8. The molecule has 28 heavy (non-hydrogen) atoms. The summed E-state index contributed by atoms with van der Waals surface area (Å²) in [4.78, 5) is 14.6. The molecule has 4 nitrogen and oxygen atoms in total. The first kappa shape index (κ1) is 18.1. The highest BCUT2D eigenvalue weighted by atomic mass is 16.5. The zero-order chi connectivity index (χ0) is 19.7. The Morgan fingerprint density at radius 3 is 2.29 bits per heavy atom. The van der Waals surface area contributed by atoms with Gasteiger partial charge in [-0.2, -0.15) is 0 Å². The van der Waals surface area contributed by atoms with E-state index in [-0.39, 0.29) is 11.9 Å². The van der Waals surface area contributed by atoms with Gasteiger partial charge in [-0.3, -0.25) is 4.79 Å². The summed E-state index contributed by atoms with van der Waals surface area (Å²) in [6, 6.07) is 19.1. The number of benzene rings is 2. The minimum Gasteiger partial charge on any atom is -0.498 e. The van der Waals surface area contributed by atoms with Crippen LogP contribution in [0.2, 0.25) is 0 Å². The molecule has 0 N–H and O–H groups in total. The third kappa shape index (κ3) is 3.01. The van der Waals surface area contributed by atoms with E-state index in [1.54, 1.807) is 7.11 Å². The summed E-state index contributed by atoms with van der Waals surface area (Å²) in [5.41, 5.74) is 3.63. The molecule has 0 radical (unpaired) electrons. The van der Waals surface area contributed by atoms with E-state index >= 15 is 0 Å². The van der Waals surface area contributed by atoms with E-state index in [0.717, 1.165) is 22.3 Å². The smallest absolute Gasteiger partial charge is 0.267 e. The number of β-lactam (4-membered cyclic amide) rings is 1. The van der Waals surface area contributed by atoms with Crippen molar-refractivity contribution in [2.24, 2.45) is 0 Å². The molecule has 0 unspecified atom stereocenters. The Bertz CT molecular complexity index is 946. The summed E-state index contributed by atoms with van der Waals surface area (Å²) in [6.45, 7) is 9.04. The molecule has 2 aliphatic heterocycles. The maximum atomic E-state index is 12.8. The van der Waals surface area contributed by atoms with Crippen LogP contribution in [0.3, 0.4) is 0 Å². The van der Waals surface area contributed by atoms with Gasteiger partial charge in [0.25, 0.3) is 5.91 Å². The van der Waals surface area contributed by atoms with E-state index in [1.165, 1.54) is 0 Å². The quantitative estimate of drug-likeness (QED) is 0.754. The molecule has 2 atom stereocenters. The molecule has 142 valence electrons. The second-order valence-electron chi connectivity index (χ2n) is 6.97. The minimum atomic E-state index is -0.616. The highest BCUT2D eigenvalue weighted by molar-refractivity contribution is 5.93. The summed E-state index contributed by atoms with van der Waals surface area (Å²) >= 11 is 0. The Morgan fingerprint density at radius 1 is 1.00 bits per heavy atom. The average molecular weight is 373 g/mol. The van der Waals surface area contributed by atoms with Gasteiger partial charge in [-0.15, -0.1) is 0 Å². The number of allylic oxidation sites excluding steroid dienone is 2. The highest BCUT2D eigenvalue weighted by Gasteiger charge is 2.53. The predicted octanol–water partition coefficient (Wildman–Crippen LogP) is 4.22. The molecule has 0 spiro atoms. The lowest BCUT2D eigenvalue weighted by Gasteiger charge is -2.48. The number of fused-ring (bicyclic) bond motifs is 1. The summed E-state index contributed by atoms with van der Waals surface area (Å²) in [5, 5.41) is 0. The van der Waals surface area contributed by atoms with Crippen molar-refractivity contribution in [1.82, 2.24) is 4.90 Å². The molecule has 2 heterocycles. The van der Waals surface area contributed by atoms with Gasteiger partial charge in [-0.05, 0) is 35.3 Å². The molecule has 0 bridgehead atoms. The second kappa shape index (κ2) is 7.39. The molecule has 2 aliphatic rings. The van der Waals surface area contributed by atoms with Crippen molar-refractivity contribution < 1.29 is 14.3 Å². The van der Waals surface area contributed by atoms with E-state index in [1.807, 2.05) is 65.6 Å².